The van der Waals surface area contributed by atoms with E-state index in [1.165, 1.54) is 11.6 Å². The first-order valence-corrected chi connectivity index (χ1v) is 6.30. The molecule has 0 saturated heterocycles. The number of nitrogens with one attached hydrogen (secondary N) is 1. The molecule has 0 heterocycles. The fourth-order valence-corrected chi connectivity index (χ4v) is 1.44. The Balaban J connectivity index is 2.46. The zero-order chi connectivity index (χ0) is 14.3. The Kier molecular flexibility index (Phi) is 5.79. The van der Waals surface area contributed by atoms with Gasteiger partial charge in [0.2, 0.25) is 5.91 Å². The van der Waals surface area contributed by atoms with Crippen molar-refractivity contribution in [1.82, 2.24) is 5.32 Å². The molecule has 1 unspecified atom stereocenters. The van der Waals surface area contributed by atoms with Gasteiger partial charge in [-0.2, -0.15) is 0 Å². The Hall–Kier alpha value is -2.10. The summed E-state index contributed by atoms with van der Waals surface area (Å²) in [6.07, 6.45) is 4.10. The van der Waals surface area contributed by atoms with E-state index in [2.05, 4.69) is 12.2 Å². The summed E-state index contributed by atoms with van der Waals surface area (Å²) in [5.41, 5.74) is 2.19. The Morgan fingerprint density at radius 1 is 1.32 bits per heavy atom. The number of hydrogen-bond acceptors (Lipinski definition) is 2. The van der Waals surface area contributed by atoms with Crippen LogP contribution in [0.15, 0.2) is 30.3 Å². The normalized spacial score (nSPS) is 12.3. The van der Waals surface area contributed by atoms with Gasteiger partial charge in [-0.15, -0.1) is 0 Å². The van der Waals surface area contributed by atoms with Gasteiger partial charge in [0, 0.05) is 12.6 Å². The number of hydrogen-bond donors (Lipinski definition) is 2. The third kappa shape index (κ3) is 5.38. The summed E-state index contributed by atoms with van der Waals surface area (Å²) in [7, 11) is 0. The smallest absolute Gasteiger partial charge is 0.308 e. The highest BCUT2D eigenvalue weighted by Crippen LogP contribution is 2.06. The summed E-state index contributed by atoms with van der Waals surface area (Å²) < 4.78 is 0. The molecule has 0 bridgehead atoms. The highest BCUT2D eigenvalue weighted by molar-refractivity contribution is 5.91. The third-order valence-corrected chi connectivity index (χ3v) is 2.82. The fourth-order valence-electron chi connectivity index (χ4n) is 1.44. The van der Waals surface area contributed by atoms with Gasteiger partial charge >= 0.3 is 5.97 Å². The maximum Gasteiger partial charge on any atom is 0.308 e. The van der Waals surface area contributed by atoms with Crippen LogP contribution < -0.4 is 5.32 Å². The standard InChI is InChI=1S/C15H19NO3/c1-3-12-4-6-13(7-5-12)8-9-14(17)16-10-11(2)15(18)19/h4-9,11H,3,10H2,1-2H3,(H,16,17)(H,18,19). The number of aryl methyl sites for hydroxylation is 1. The Bertz CT molecular complexity index is 463. The maximum atomic E-state index is 11.5. The van der Waals surface area contributed by atoms with Crippen LogP contribution in [-0.2, 0) is 16.0 Å². The van der Waals surface area contributed by atoms with Crippen LogP contribution in [0.2, 0.25) is 0 Å². The molecule has 4 nitrogen and oxygen atoms in total. The van der Waals surface area contributed by atoms with Crippen molar-refractivity contribution in [1.29, 1.82) is 0 Å². The summed E-state index contributed by atoms with van der Waals surface area (Å²) in [4.78, 5) is 22.1. The van der Waals surface area contributed by atoms with E-state index in [9.17, 15) is 9.59 Å². The van der Waals surface area contributed by atoms with Crippen LogP contribution in [0.4, 0.5) is 0 Å². The first-order chi connectivity index (χ1) is 9.02. The fraction of sp³-hybridized carbons (Fsp3) is 0.333. The Morgan fingerprint density at radius 2 is 1.95 bits per heavy atom. The Labute approximate surface area is 113 Å². The third-order valence-electron chi connectivity index (χ3n) is 2.82. The van der Waals surface area contributed by atoms with Crippen LogP contribution in [0.25, 0.3) is 6.08 Å². The summed E-state index contributed by atoms with van der Waals surface area (Å²) >= 11 is 0. The van der Waals surface area contributed by atoms with Crippen LogP contribution in [0, 0.1) is 5.92 Å². The number of amides is 1. The molecule has 1 aromatic rings. The van der Waals surface area contributed by atoms with Gasteiger partial charge in [0.25, 0.3) is 0 Å². The zero-order valence-corrected chi connectivity index (χ0v) is 11.2. The molecular formula is C15H19NO3. The van der Waals surface area contributed by atoms with E-state index in [0.29, 0.717) is 0 Å². The van der Waals surface area contributed by atoms with Crippen molar-refractivity contribution in [3.8, 4) is 0 Å². The van der Waals surface area contributed by atoms with Gasteiger partial charge in [-0.25, -0.2) is 0 Å². The number of carbonyl (C=O) groups excluding carboxylic acids is 1. The van der Waals surface area contributed by atoms with Crippen molar-refractivity contribution in [2.45, 2.75) is 20.3 Å². The second-order valence-electron chi connectivity index (χ2n) is 4.41. The summed E-state index contributed by atoms with van der Waals surface area (Å²) in [5, 5.41) is 11.2. The van der Waals surface area contributed by atoms with Crippen LogP contribution in [-0.4, -0.2) is 23.5 Å². The number of benzene rings is 1. The number of carboxylic acids is 1. The van der Waals surface area contributed by atoms with E-state index in [0.717, 1.165) is 12.0 Å². The molecule has 0 aliphatic heterocycles. The van der Waals surface area contributed by atoms with Crippen molar-refractivity contribution in [2.75, 3.05) is 6.54 Å². The molecule has 102 valence electrons. The molecule has 0 aromatic heterocycles. The number of rotatable bonds is 6. The molecule has 19 heavy (non-hydrogen) atoms. The minimum absolute atomic E-state index is 0.132. The highest BCUT2D eigenvalue weighted by atomic mass is 16.4. The second kappa shape index (κ2) is 7.36. The first-order valence-electron chi connectivity index (χ1n) is 6.30. The largest absolute Gasteiger partial charge is 0.481 e. The molecule has 0 aliphatic rings. The van der Waals surface area contributed by atoms with Crippen LogP contribution >= 0.6 is 0 Å². The molecule has 0 radical (unpaired) electrons. The van der Waals surface area contributed by atoms with Crippen LogP contribution in [0.1, 0.15) is 25.0 Å². The second-order valence-corrected chi connectivity index (χ2v) is 4.41. The van der Waals surface area contributed by atoms with Gasteiger partial charge in [0.15, 0.2) is 0 Å². The molecule has 0 aliphatic carbocycles. The van der Waals surface area contributed by atoms with Gasteiger partial charge in [0.1, 0.15) is 0 Å². The van der Waals surface area contributed by atoms with E-state index in [1.807, 2.05) is 24.3 Å². The molecule has 0 fully saturated rings. The van der Waals surface area contributed by atoms with E-state index in [1.54, 1.807) is 13.0 Å². The quantitative estimate of drug-likeness (QED) is 0.771. The number of carboxylic acid groups (broad SMARTS) is 1. The molecule has 2 N–H and O–H groups in total. The molecule has 1 amide bonds. The monoisotopic (exact) mass is 261 g/mol. The van der Waals surface area contributed by atoms with E-state index in [-0.39, 0.29) is 12.5 Å². The first kappa shape index (κ1) is 15.0. The highest BCUT2D eigenvalue weighted by Gasteiger charge is 2.10. The van der Waals surface area contributed by atoms with E-state index < -0.39 is 11.9 Å². The predicted octanol–water partition coefficient (Wildman–Crippen LogP) is 2.10. The Morgan fingerprint density at radius 3 is 2.47 bits per heavy atom. The summed E-state index contributed by atoms with van der Waals surface area (Å²) in [5.74, 6) is -1.78. The van der Waals surface area contributed by atoms with Crippen LogP contribution in [0.5, 0.6) is 0 Å². The van der Waals surface area contributed by atoms with Crippen molar-refractivity contribution in [3.63, 3.8) is 0 Å². The maximum absolute atomic E-state index is 11.5. The molecule has 0 saturated carbocycles. The van der Waals surface area contributed by atoms with Gasteiger partial charge in [-0.1, -0.05) is 38.1 Å². The lowest BCUT2D eigenvalue weighted by Crippen LogP contribution is -2.30. The average Bonchev–Trinajstić information content (AvgIpc) is 2.42. The van der Waals surface area contributed by atoms with Gasteiger partial charge in [0.05, 0.1) is 5.92 Å². The topological polar surface area (TPSA) is 66.4 Å². The molecule has 0 spiro atoms. The van der Waals surface area contributed by atoms with Crippen molar-refractivity contribution in [2.24, 2.45) is 5.92 Å². The van der Waals surface area contributed by atoms with Crippen molar-refractivity contribution in [3.05, 3.63) is 41.5 Å². The SMILES string of the molecule is CCc1ccc(C=CC(=O)NCC(C)C(=O)O)cc1. The summed E-state index contributed by atoms with van der Waals surface area (Å²) in [6, 6.07) is 7.93. The minimum Gasteiger partial charge on any atom is -0.481 e. The number of carbonyl (C=O) groups is 2. The van der Waals surface area contributed by atoms with Gasteiger partial charge in [-0.3, -0.25) is 9.59 Å². The van der Waals surface area contributed by atoms with Crippen molar-refractivity contribution < 1.29 is 14.7 Å². The molecule has 4 heteroatoms. The lowest BCUT2D eigenvalue weighted by atomic mass is 10.1. The van der Waals surface area contributed by atoms with E-state index in [4.69, 9.17) is 5.11 Å². The van der Waals surface area contributed by atoms with E-state index >= 15 is 0 Å². The molecular weight excluding hydrogens is 242 g/mol. The predicted molar refractivity (Wildman–Crippen MR) is 74.7 cm³/mol. The van der Waals surface area contributed by atoms with Crippen LogP contribution in [0.3, 0.4) is 0 Å². The molecule has 1 rings (SSSR count). The summed E-state index contributed by atoms with van der Waals surface area (Å²) in [6.45, 7) is 3.77. The average molecular weight is 261 g/mol. The van der Waals surface area contributed by atoms with Gasteiger partial charge < -0.3 is 10.4 Å². The lowest BCUT2D eigenvalue weighted by molar-refractivity contribution is -0.141. The lowest BCUT2D eigenvalue weighted by Gasteiger charge is -2.05. The van der Waals surface area contributed by atoms with Gasteiger partial charge in [-0.05, 0) is 23.6 Å². The molecule has 1 aromatic carbocycles. The van der Waals surface area contributed by atoms with Crippen molar-refractivity contribution >= 4 is 18.0 Å². The zero-order valence-electron chi connectivity index (χ0n) is 11.2. The number of aliphatic carboxylic acids is 1. The minimum atomic E-state index is -0.917. The molecule has 1 atom stereocenters.